The molecule has 1 amide bonds. The first-order chi connectivity index (χ1) is 11.6. The molecular formula is C19H18N2O2S. The van der Waals surface area contributed by atoms with Crippen molar-refractivity contribution in [3.63, 3.8) is 0 Å². The Morgan fingerprint density at radius 2 is 2.00 bits per heavy atom. The predicted octanol–water partition coefficient (Wildman–Crippen LogP) is 5.09. The van der Waals surface area contributed by atoms with E-state index in [4.69, 9.17) is 4.42 Å². The molecule has 4 nitrogen and oxygen atoms in total. The highest BCUT2D eigenvalue weighted by Crippen LogP contribution is 2.28. The molecule has 1 N–H and O–H groups in total. The van der Waals surface area contributed by atoms with Gasteiger partial charge in [-0.25, -0.2) is 4.98 Å². The van der Waals surface area contributed by atoms with Crippen LogP contribution in [0, 0.1) is 0 Å². The molecule has 0 bridgehead atoms. The number of nitrogens with one attached hydrogen (secondary N) is 1. The third kappa shape index (κ3) is 3.86. The van der Waals surface area contributed by atoms with Crippen LogP contribution in [0.4, 0.5) is 5.69 Å². The lowest BCUT2D eigenvalue weighted by atomic mass is 10.1. The Kier molecular flexibility index (Phi) is 5.01. The predicted molar refractivity (Wildman–Crippen MR) is 97.3 cm³/mol. The molecule has 0 aliphatic carbocycles. The van der Waals surface area contributed by atoms with Gasteiger partial charge in [0.05, 0.1) is 11.8 Å². The van der Waals surface area contributed by atoms with Crippen LogP contribution in [0.15, 0.2) is 70.4 Å². The van der Waals surface area contributed by atoms with Crippen LogP contribution < -0.4 is 5.32 Å². The summed E-state index contributed by atoms with van der Waals surface area (Å²) in [5.41, 5.74) is 2.27. The summed E-state index contributed by atoms with van der Waals surface area (Å²) in [7, 11) is 0. The third-order valence-electron chi connectivity index (χ3n) is 3.33. The van der Waals surface area contributed by atoms with Crippen LogP contribution in [0.5, 0.6) is 0 Å². The van der Waals surface area contributed by atoms with Gasteiger partial charge in [0.25, 0.3) is 5.91 Å². The van der Waals surface area contributed by atoms with Crippen molar-refractivity contribution in [3.8, 4) is 11.3 Å². The molecule has 0 aliphatic heterocycles. The molecule has 0 unspecified atom stereocenters. The minimum Gasteiger partial charge on any atom is -0.444 e. The second-order valence-corrected chi connectivity index (χ2v) is 7.18. The lowest BCUT2D eigenvalue weighted by Crippen LogP contribution is -2.13. The van der Waals surface area contributed by atoms with Gasteiger partial charge in [-0.15, -0.1) is 11.8 Å². The summed E-state index contributed by atoms with van der Waals surface area (Å²) >= 11 is 1.68. The van der Waals surface area contributed by atoms with Gasteiger partial charge in [0.2, 0.25) is 0 Å². The summed E-state index contributed by atoms with van der Waals surface area (Å²) in [5.74, 6) is 0.551. The van der Waals surface area contributed by atoms with Gasteiger partial charge < -0.3 is 9.73 Å². The van der Waals surface area contributed by atoms with Crippen molar-refractivity contribution in [2.75, 3.05) is 5.32 Å². The molecule has 2 aromatic carbocycles. The van der Waals surface area contributed by atoms with E-state index < -0.39 is 0 Å². The van der Waals surface area contributed by atoms with E-state index in [1.165, 1.54) is 6.39 Å². The molecule has 24 heavy (non-hydrogen) atoms. The quantitative estimate of drug-likeness (QED) is 0.658. The van der Waals surface area contributed by atoms with E-state index in [1.54, 1.807) is 18.0 Å². The Morgan fingerprint density at radius 1 is 1.17 bits per heavy atom. The summed E-state index contributed by atoms with van der Waals surface area (Å²) in [5, 5.41) is 3.37. The summed E-state index contributed by atoms with van der Waals surface area (Å²) in [6.45, 7) is 4.22. The van der Waals surface area contributed by atoms with Gasteiger partial charge in [0, 0.05) is 21.4 Å². The zero-order chi connectivity index (χ0) is 16.9. The van der Waals surface area contributed by atoms with Gasteiger partial charge in [-0.05, 0) is 24.3 Å². The van der Waals surface area contributed by atoms with Crippen molar-refractivity contribution in [3.05, 3.63) is 66.7 Å². The molecule has 0 spiro atoms. The Morgan fingerprint density at radius 3 is 2.75 bits per heavy atom. The fraction of sp³-hybridized carbons (Fsp3) is 0.158. The van der Waals surface area contributed by atoms with E-state index in [1.807, 2.05) is 48.5 Å². The standard InChI is InChI=1S/C19H18N2O2S/c1-13(2)24-18-9-4-3-8-16(18)19(22)21-15-7-5-6-14(10-15)17-11-20-12-23-17/h3-13H,1-2H3,(H,21,22). The molecule has 1 heterocycles. The van der Waals surface area contributed by atoms with Crippen LogP contribution in [-0.2, 0) is 0 Å². The SMILES string of the molecule is CC(C)Sc1ccccc1C(=O)Nc1cccc(-c2cnco2)c1. The highest BCUT2D eigenvalue weighted by molar-refractivity contribution is 8.00. The molecule has 122 valence electrons. The molecule has 0 atom stereocenters. The summed E-state index contributed by atoms with van der Waals surface area (Å²) < 4.78 is 5.30. The van der Waals surface area contributed by atoms with E-state index in [0.29, 0.717) is 16.6 Å². The van der Waals surface area contributed by atoms with Gasteiger partial charge >= 0.3 is 0 Å². The van der Waals surface area contributed by atoms with Crippen LogP contribution in [0.2, 0.25) is 0 Å². The smallest absolute Gasteiger partial charge is 0.256 e. The molecule has 0 radical (unpaired) electrons. The van der Waals surface area contributed by atoms with E-state index in [-0.39, 0.29) is 5.91 Å². The topological polar surface area (TPSA) is 55.1 Å². The second-order valence-electron chi connectivity index (χ2n) is 5.56. The zero-order valence-electron chi connectivity index (χ0n) is 13.5. The zero-order valence-corrected chi connectivity index (χ0v) is 14.3. The number of hydrogen-bond acceptors (Lipinski definition) is 4. The van der Waals surface area contributed by atoms with Gasteiger partial charge in [0.15, 0.2) is 12.2 Å². The monoisotopic (exact) mass is 338 g/mol. The minimum atomic E-state index is -0.117. The van der Waals surface area contributed by atoms with Crippen molar-refractivity contribution in [2.24, 2.45) is 0 Å². The highest BCUT2D eigenvalue weighted by atomic mass is 32.2. The molecule has 3 aromatic rings. The molecule has 0 saturated carbocycles. The number of amides is 1. The number of benzene rings is 2. The normalized spacial score (nSPS) is 10.8. The summed E-state index contributed by atoms with van der Waals surface area (Å²) in [6.07, 6.45) is 3.04. The van der Waals surface area contributed by atoms with Crippen LogP contribution in [-0.4, -0.2) is 16.1 Å². The third-order valence-corrected chi connectivity index (χ3v) is 4.41. The van der Waals surface area contributed by atoms with Crippen molar-refractivity contribution >= 4 is 23.4 Å². The van der Waals surface area contributed by atoms with Gasteiger partial charge in [0.1, 0.15) is 0 Å². The van der Waals surface area contributed by atoms with Crippen molar-refractivity contribution < 1.29 is 9.21 Å². The Bertz CT molecular complexity index is 829. The maximum absolute atomic E-state index is 12.7. The number of nitrogens with zero attached hydrogens (tertiary/aromatic N) is 1. The van der Waals surface area contributed by atoms with Gasteiger partial charge in [-0.3, -0.25) is 4.79 Å². The van der Waals surface area contributed by atoms with E-state index in [0.717, 1.165) is 16.1 Å². The lowest BCUT2D eigenvalue weighted by Gasteiger charge is -2.12. The summed E-state index contributed by atoms with van der Waals surface area (Å²) in [6, 6.07) is 15.2. The molecule has 5 heteroatoms. The average molecular weight is 338 g/mol. The lowest BCUT2D eigenvalue weighted by molar-refractivity contribution is 0.102. The maximum Gasteiger partial charge on any atom is 0.256 e. The number of carbonyl (C=O) groups is 1. The molecule has 0 fully saturated rings. The molecule has 0 aliphatic rings. The minimum absolute atomic E-state index is 0.117. The van der Waals surface area contributed by atoms with E-state index in [2.05, 4.69) is 24.1 Å². The Hall–Kier alpha value is -2.53. The fourth-order valence-corrected chi connectivity index (χ4v) is 3.27. The molecular weight excluding hydrogens is 320 g/mol. The first kappa shape index (κ1) is 16.3. The van der Waals surface area contributed by atoms with Gasteiger partial charge in [-0.1, -0.05) is 38.1 Å². The highest BCUT2D eigenvalue weighted by Gasteiger charge is 2.13. The van der Waals surface area contributed by atoms with Crippen molar-refractivity contribution in [1.82, 2.24) is 4.98 Å². The van der Waals surface area contributed by atoms with Crippen LogP contribution in [0.25, 0.3) is 11.3 Å². The summed E-state index contributed by atoms with van der Waals surface area (Å²) in [4.78, 5) is 17.6. The number of oxazole rings is 1. The maximum atomic E-state index is 12.7. The second kappa shape index (κ2) is 7.36. The molecule has 3 rings (SSSR count). The van der Waals surface area contributed by atoms with E-state index >= 15 is 0 Å². The number of aromatic nitrogens is 1. The average Bonchev–Trinajstić information content (AvgIpc) is 3.09. The Labute approximate surface area is 145 Å². The van der Waals surface area contributed by atoms with Gasteiger partial charge in [-0.2, -0.15) is 0 Å². The number of rotatable bonds is 5. The fourth-order valence-electron chi connectivity index (χ4n) is 2.32. The molecule has 0 saturated heterocycles. The van der Waals surface area contributed by atoms with Crippen LogP contribution >= 0.6 is 11.8 Å². The van der Waals surface area contributed by atoms with Crippen molar-refractivity contribution in [2.45, 2.75) is 24.0 Å². The van der Waals surface area contributed by atoms with Crippen LogP contribution in [0.1, 0.15) is 24.2 Å². The number of hydrogen-bond donors (Lipinski definition) is 1. The van der Waals surface area contributed by atoms with Crippen LogP contribution in [0.3, 0.4) is 0 Å². The Balaban J connectivity index is 1.82. The first-order valence-corrected chi connectivity index (χ1v) is 8.57. The van der Waals surface area contributed by atoms with Crippen molar-refractivity contribution in [1.29, 1.82) is 0 Å². The number of carbonyl (C=O) groups excluding carboxylic acids is 1. The largest absolute Gasteiger partial charge is 0.444 e. The number of anilines is 1. The first-order valence-electron chi connectivity index (χ1n) is 7.69. The van der Waals surface area contributed by atoms with E-state index in [9.17, 15) is 4.79 Å². The number of thioether (sulfide) groups is 1. The molecule has 1 aromatic heterocycles.